The number of ether oxygens (including phenoxy) is 1. The van der Waals surface area contributed by atoms with E-state index in [1.165, 1.54) is 6.92 Å². The minimum atomic E-state index is -1.11. The summed E-state index contributed by atoms with van der Waals surface area (Å²) in [6.45, 7) is 5.18. The first-order chi connectivity index (χ1) is 14.5. The number of carboxylic acids is 1. The maximum absolute atomic E-state index is 12.5. The molecule has 9 heteroatoms. The molecule has 0 saturated carbocycles. The van der Waals surface area contributed by atoms with Crippen molar-refractivity contribution in [3.8, 4) is 0 Å². The van der Waals surface area contributed by atoms with Crippen LogP contribution in [-0.2, 0) is 14.3 Å². The van der Waals surface area contributed by atoms with Crippen LogP contribution in [0.1, 0.15) is 52.9 Å². The first kappa shape index (κ1) is 29.3. The quantitative estimate of drug-likeness (QED) is 0.239. The van der Waals surface area contributed by atoms with Crippen molar-refractivity contribution in [2.24, 2.45) is 23.7 Å². The summed E-state index contributed by atoms with van der Waals surface area (Å²) in [7, 11) is 0. The number of esters is 1. The van der Waals surface area contributed by atoms with Gasteiger partial charge in [-0.2, -0.15) is 0 Å². The number of aliphatic hydroxyl groups excluding tert-OH is 4. The average molecular weight is 464 g/mol. The van der Waals surface area contributed by atoms with E-state index in [1.807, 2.05) is 19.1 Å². The normalized spacial score (nSPS) is 30.7. The average Bonchev–Trinajstić information content (AvgIpc) is 2.65. The predicted molar refractivity (Wildman–Crippen MR) is 119 cm³/mol. The molecule has 2 aliphatic rings. The molecule has 0 amide bonds. The van der Waals surface area contributed by atoms with Crippen molar-refractivity contribution in [1.82, 2.24) is 0 Å². The van der Waals surface area contributed by atoms with Gasteiger partial charge in [0.2, 0.25) is 0 Å². The van der Waals surface area contributed by atoms with Gasteiger partial charge in [-0.3, -0.25) is 9.59 Å². The van der Waals surface area contributed by atoms with Gasteiger partial charge in [0.25, 0.3) is 0 Å². The van der Waals surface area contributed by atoms with Crippen molar-refractivity contribution in [1.29, 1.82) is 0 Å². The second-order valence-electron chi connectivity index (χ2n) is 9.10. The molecule has 0 aromatic heterocycles. The molecule has 0 aliphatic heterocycles. The van der Waals surface area contributed by atoms with Gasteiger partial charge in [-0.15, -0.1) is 0 Å². The number of carbonyl (C=O) groups excluding carboxylic acids is 1. The molecule has 1 radical (unpaired) electrons. The minimum absolute atomic E-state index is 0. The van der Waals surface area contributed by atoms with E-state index >= 15 is 0 Å². The molecule has 0 unspecified atom stereocenters. The third-order valence-corrected chi connectivity index (χ3v) is 6.52. The van der Waals surface area contributed by atoms with Crippen LogP contribution in [0.5, 0.6) is 0 Å². The number of rotatable bonds is 10. The molecule has 8 nitrogen and oxygen atoms in total. The van der Waals surface area contributed by atoms with Gasteiger partial charge in [-0.05, 0) is 50.5 Å². The smallest absolute Gasteiger partial charge is 0.311 e. The Bertz CT molecular complexity index is 691. The van der Waals surface area contributed by atoms with E-state index in [9.17, 15) is 30.0 Å². The van der Waals surface area contributed by atoms with E-state index in [1.54, 1.807) is 13.0 Å². The first-order valence-corrected chi connectivity index (χ1v) is 11.0. The number of hydrogen-bond donors (Lipinski definition) is 5. The number of carbonyl (C=O) groups is 2. The monoisotopic (exact) mass is 463 g/mol. The molecule has 0 bridgehead atoms. The molecule has 0 heterocycles. The van der Waals surface area contributed by atoms with E-state index in [-0.39, 0.29) is 60.2 Å². The molecule has 2 aliphatic carbocycles. The molecule has 2 rings (SSSR count). The Kier molecular flexibility index (Phi) is 12.1. The summed E-state index contributed by atoms with van der Waals surface area (Å²) in [6, 6.07) is 0. The summed E-state index contributed by atoms with van der Waals surface area (Å²) in [5.41, 5.74) is 0.893. The minimum Gasteiger partial charge on any atom is -0.481 e. The van der Waals surface area contributed by atoms with Crippen LogP contribution in [-0.4, -0.2) is 97.5 Å². The topological polar surface area (TPSA) is 145 Å². The third-order valence-electron chi connectivity index (χ3n) is 6.52. The van der Waals surface area contributed by atoms with Gasteiger partial charge >= 0.3 is 11.9 Å². The van der Waals surface area contributed by atoms with E-state index in [0.717, 1.165) is 5.57 Å². The van der Waals surface area contributed by atoms with Crippen LogP contribution >= 0.6 is 0 Å². The summed E-state index contributed by atoms with van der Waals surface area (Å²) in [4.78, 5) is 23.2. The Morgan fingerprint density at radius 3 is 2.44 bits per heavy atom. The van der Waals surface area contributed by atoms with Gasteiger partial charge in [0.15, 0.2) is 0 Å². The Morgan fingerprint density at radius 2 is 1.84 bits per heavy atom. The summed E-state index contributed by atoms with van der Waals surface area (Å²) >= 11 is 0. The van der Waals surface area contributed by atoms with Crippen LogP contribution in [0.3, 0.4) is 0 Å². The van der Waals surface area contributed by atoms with Crippen LogP contribution in [0.2, 0.25) is 0 Å². The molecule has 0 fully saturated rings. The maximum atomic E-state index is 12.5. The van der Waals surface area contributed by atoms with Gasteiger partial charge in [0.05, 0.1) is 36.8 Å². The van der Waals surface area contributed by atoms with Gasteiger partial charge in [-0.25, -0.2) is 0 Å². The first-order valence-electron chi connectivity index (χ1n) is 11.0. The number of aliphatic carboxylic acids is 1. The van der Waals surface area contributed by atoms with Crippen molar-refractivity contribution in [3.05, 3.63) is 23.8 Å². The van der Waals surface area contributed by atoms with Crippen LogP contribution in [0.4, 0.5) is 0 Å². The predicted octanol–water partition coefficient (Wildman–Crippen LogP) is 1.03. The van der Waals surface area contributed by atoms with Gasteiger partial charge < -0.3 is 30.3 Å². The second-order valence-corrected chi connectivity index (χ2v) is 9.10. The zero-order chi connectivity index (χ0) is 23.3. The summed E-state index contributed by atoms with van der Waals surface area (Å²) in [6.07, 6.45) is 2.49. The standard InChI is InChI=1S/C23H36O8.Na/c1-12-4-5-15-8-17(26)10-20(31-23(30)13(2)14(3)24)22(15)19(12)7-6-16(25)9-18(27)11-21(28)29;/h4-5,8,12-14,16-20,22,24-27H,6-7,9-11H2,1-3H3,(H,28,29);/t12-,13-,14+,16+,17+,18+,19-,20-,22-;/m0./s1. The molecule has 0 saturated heterocycles. The Labute approximate surface area is 211 Å². The van der Waals surface area contributed by atoms with Gasteiger partial charge in [-0.1, -0.05) is 25.2 Å². The Hall–Kier alpha value is -0.740. The fourth-order valence-corrected chi connectivity index (χ4v) is 4.54. The Balaban J connectivity index is 0.00000512. The molecule has 5 N–H and O–H groups in total. The van der Waals surface area contributed by atoms with E-state index in [0.29, 0.717) is 12.8 Å². The van der Waals surface area contributed by atoms with Gasteiger partial charge in [0.1, 0.15) is 6.10 Å². The number of hydrogen-bond acceptors (Lipinski definition) is 7. The zero-order valence-corrected chi connectivity index (χ0v) is 21.4. The molecule has 0 spiro atoms. The van der Waals surface area contributed by atoms with Crippen LogP contribution in [0, 0.1) is 23.7 Å². The molecular formula is C23H36NaO8. The third kappa shape index (κ3) is 8.24. The number of fused-ring (bicyclic) bond motifs is 1. The Morgan fingerprint density at radius 1 is 1.19 bits per heavy atom. The summed E-state index contributed by atoms with van der Waals surface area (Å²) in [5.74, 6) is -2.27. The van der Waals surface area contributed by atoms with Crippen molar-refractivity contribution >= 4 is 41.5 Å². The summed E-state index contributed by atoms with van der Waals surface area (Å²) in [5, 5.41) is 48.8. The zero-order valence-electron chi connectivity index (χ0n) is 19.4. The molecule has 9 atom stereocenters. The number of aliphatic hydroxyl groups is 4. The van der Waals surface area contributed by atoms with Crippen molar-refractivity contribution < 1.29 is 39.9 Å². The molecule has 0 aromatic rings. The number of allylic oxidation sites excluding steroid dienone is 2. The van der Waals surface area contributed by atoms with Crippen LogP contribution in [0.25, 0.3) is 0 Å². The van der Waals surface area contributed by atoms with E-state index in [2.05, 4.69) is 0 Å². The SMILES string of the molecule is C[C@H](C(=O)O[C@H]1C[C@H](O)C=C2C=C[C@H](C)[C@H](CC[C@@H](O)C[C@@H](O)CC(=O)O)[C@H]21)[C@@H](C)O.[Na]. The summed E-state index contributed by atoms with van der Waals surface area (Å²) < 4.78 is 5.75. The molecule has 0 aromatic carbocycles. The van der Waals surface area contributed by atoms with Crippen molar-refractivity contribution in [3.63, 3.8) is 0 Å². The van der Waals surface area contributed by atoms with Crippen molar-refractivity contribution in [2.45, 2.75) is 83.4 Å². The maximum Gasteiger partial charge on any atom is 0.311 e. The van der Waals surface area contributed by atoms with Crippen LogP contribution < -0.4 is 0 Å². The van der Waals surface area contributed by atoms with Gasteiger partial charge in [0, 0.05) is 41.9 Å². The van der Waals surface area contributed by atoms with Crippen LogP contribution in [0.15, 0.2) is 23.8 Å². The molecular weight excluding hydrogens is 427 g/mol. The molecule has 177 valence electrons. The number of carboxylic acid groups (broad SMARTS) is 1. The fourth-order valence-electron chi connectivity index (χ4n) is 4.54. The van der Waals surface area contributed by atoms with Crippen molar-refractivity contribution in [2.75, 3.05) is 0 Å². The van der Waals surface area contributed by atoms with E-state index < -0.39 is 54.8 Å². The second kappa shape index (κ2) is 13.2. The fraction of sp³-hybridized carbons (Fsp3) is 0.739. The molecule has 32 heavy (non-hydrogen) atoms. The largest absolute Gasteiger partial charge is 0.481 e. The van der Waals surface area contributed by atoms with E-state index in [4.69, 9.17) is 9.84 Å².